The molecule has 0 bridgehead atoms. The van der Waals surface area contributed by atoms with Gasteiger partial charge in [0.1, 0.15) is 0 Å². The molecule has 0 radical (unpaired) electrons. The fourth-order valence-corrected chi connectivity index (χ4v) is 3.49. The van der Waals surface area contributed by atoms with Crippen LogP contribution in [0.3, 0.4) is 0 Å². The number of nitrogens with one attached hydrogen (secondary N) is 1. The Labute approximate surface area is 144 Å². The first kappa shape index (κ1) is 16.1. The average molecular weight is 483 g/mol. The lowest BCUT2D eigenvalue weighted by Crippen LogP contribution is -2.14. The van der Waals surface area contributed by atoms with E-state index >= 15 is 0 Å². The predicted octanol–water partition coefficient (Wildman–Crippen LogP) is 3.87. The van der Waals surface area contributed by atoms with Crippen molar-refractivity contribution in [1.29, 1.82) is 0 Å². The van der Waals surface area contributed by atoms with Crippen LogP contribution in [0.25, 0.3) is 0 Å². The van der Waals surface area contributed by atoms with Gasteiger partial charge in [-0.15, -0.1) is 0 Å². The van der Waals surface area contributed by atoms with E-state index in [1.807, 2.05) is 0 Å². The monoisotopic (exact) mass is 480 g/mol. The molecule has 1 N–H and O–H groups in total. The molecule has 0 saturated carbocycles. The Hall–Kier alpha value is -1.26. The van der Waals surface area contributed by atoms with Crippen LogP contribution in [0.4, 0.5) is 11.4 Å². The molecular formula is C11H7Br3N4O3. The van der Waals surface area contributed by atoms with Gasteiger partial charge in [0.05, 0.1) is 15.1 Å². The lowest BCUT2D eigenvalue weighted by Gasteiger charge is -2.08. The van der Waals surface area contributed by atoms with Crippen molar-refractivity contribution in [2.24, 2.45) is 7.05 Å². The summed E-state index contributed by atoms with van der Waals surface area (Å²) in [6.07, 6.45) is 1.65. The molecule has 0 saturated heterocycles. The Kier molecular flexibility index (Phi) is 4.79. The predicted molar refractivity (Wildman–Crippen MR) is 87.4 cm³/mol. The largest absolute Gasteiger partial charge is 0.319 e. The molecule has 110 valence electrons. The maximum Gasteiger partial charge on any atom is 0.277 e. The number of nitro benzene ring substituents is 1. The summed E-state index contributed by atoms with van der Waals surface area (Å²) in [7, 11) is 1.69. The summed E-state index contributed by atoms with van der Waals surface area (Å²) in [6.45, 7) is 0. The van der Waals surface area contributed by atoms with E-state index in [9.17, 15) is 14.9 Å². The van der Waals surface area contributed by atoms with Crippen LogP contribution in [0.1, 0.15) is 10.5 Å². The van der Waals surface area contributed by atoms with Crippen molar-refractivity contribution in [2.75, 3.05) is 5.32 Å². The summed E-state index contributed by atoms with van der Waals surface area (Å²) in [5.41, 5.74) is 0.517. The first-order valence-corrected chi connectivity index (χ1v) is 7.81. The number of nitrogens with zero attached hydrogens (tertiary/aromatic N) is 3. The molecule has 0 atom stereocenters. The first-order valence-electron chi connectivity index (χ1n) is 5.43. The van der Waals surface area contributed by atoms with E-state index in [1.54, 1.807) is 13.2 Å². The maximum absolute atomic E-state index is 12.2. The van der Waals surface area contributed by atoms with Gasteiger partial charge in [-0.3, -0.25) is 19.6 Å². The normalized spacial score (nSPS) is 10.5. The topological polar surface area (TPSA) is 90.1 Å². The van der Waals surface area contributed by atoms with E-state index in [4.69, 9.17) is 0 Å². The number of carbonyl (C=O) groups is 1. The molecule has 0 fully saturated rings. The number of benzene rings is 1. The van der Waals surface area contributed by atoms with E-state index in [0.717, 1.165) is 0 Å². The highest BCUT2D eigenvalue weighted by Gasteiger charge is 2.19. The van der Waals surface area contributed by atoms with Crippen molar-refractivity contribution in [3.05, 3.63) is 47.6 Å². The van der Waals surface area contributed by atoms with E-state index in [1.165, 1.54) is 16.8 Å². The van der Waals surface area contributed by atoms with Crippen molar-refractivity contribution < 1.29 is 9.72 Å². The third-order valence-corrected chi connectivity index (χ3v) is 4.31. The van der Waals surface area contributed by atoms with Gasteiger partial charge >= 0.3 is 0 Å². The van der Waals surface area contributed by atoms with E-state index in [2.05, 4.69) is 58.2 Å². The molecule has 7 nitrogen and oxygen atoms in total. The molecule has 0 spiro atoms. The molecule has 0 unspecified atom stereocenters. The first-order chi connectivity index (χ1) is 9.79. The second-order valence-electron chi connectivity index (χ2n) is 3.99. The minimum Gasteiger partial charge on any atom is -0.319 e. The fourth-order valence-electron chi connectivity index (χ4n) is 1.57. The quantitative estimate of drug-likeness (QED) is 0.531. The molecule has 21 heavy (non-hydrogen) atoms. The number of anilines is 1. The minimum atomic E-state index is -0.517. The lowest BCUT2D eigenvalue weighted by molar-refractivity contribution is -0.385. The Morgan fingerprint density at radius 3 is 2.29 bits per heavy atom. The van der Waals surface area contributed by atoms with Crippen molar-refractivity contribution in [3.63, 3.8) is 0 Å². The number of halogens is 3. The summed E-state index contributed by atoms with van der Waals surface area (Å²) in [5, 5.41) is 17.4. The smallest absolute Gasteiger partial charge is 0.277 e. The number of rotatable bonds is 3. The number of carbonyl (C=O) groups excluding carboxylic acids is 1. The summed E-state index contributed by atoms with van der Waals surface area (Å²) in [4.78, 5) is 22.4. The Balaban J connectivity index is 2.34. The van der Waals surface area contributed by atoms with Crippen LogP contribution in [0, 0.1) is 10.1 Å². The van der Waals surface area contributed by atoms with E-state index in [-0.39, 0.29) is 11.4 Å². The third kappa shape index (κ3) is 3.50. The molecule has 1 heterocycles. The number of aromatic nitrogens is 2. The highest BCUT2D eigenvalue weighted by Crippen LogP contribution is 2.35. The fraction of sp³-hybridized carbons (Fsp3) is 0.0909. The molecule has 0 aliphatic heterocycles. The van der Waals surface area contributed by atoms with Crippen molar-refractivity contribution in [3.8, 4) is 0 Å². The number of nitro groups is 1. The van der Waals surface area contributed by atoms with Crippen LogP contribution in [0.5, 0.6) is 0 Å². The number of hydrogen-bond acceptors (Lipinski definition) is 4. The molecule has 0 aliphatic carbocycles. The molecule has 10 heteroatoms. The SMILES string of the molecule is Cn1cc(Br)c(C(=O)Nc2c(Br)cc([N+](=O)[O-])cc2Br)n1. The van der Waals surface area contributed by atoms with Crippen LogP contribution in [-0.4, -0.2) is 20.6 Å². The minimum absolute atomic E-state index is 0.0919. The van der Waals surface area contributed by atoms with Crippen LogP contribution < -0.4 is 5.32 Å². The Bertz CT molecular complexity index is 721. The van der Waals surface area contributed by atoms with Crippen molar-refractivity contribution >= 4 is 65.1 Å². The van der Waals surface area contributed by atoms with Gasteiger partial charge in [0.15, 0.2) is 5.69 Å². The summed E-state index contributed by atoms with van der Waals surface area (Å²) >= 11 is 9.65. The maximum atomic E-state index is 12.2. The molecule has 1 aromatic carbocycles. The lowest BCUT2D eigenvalue weighted by atomic mass is 10.2. The number of hydrogen-bond donors (Lipinski definition) is 1. The highest BCUT2D eigenvalue weighted by atomic mass is 79.9. The second-order valence-corrected chi connectivity index (χ2v) is 6.56. The van der Waals surface area contributed by atoms with Gasteiger partial charge in [0, 0.05) is 34.3 Å². The van der Waals surface area contributed by atoms with Crippen LogP contribution >= 0.6 is 47.8 Å². The van der Waals surface area contributed by atoms with Crippen molar-refractivity contribution in [1.82, 2.24) is 9.78 Å². The molecule has 1 amide bonds. The highest BCUT2D eigenvalue weighted by molar-refractivity contribution is 9.11. The Morgan fingerprint density at radius 1 is 1.29 bits per heavy atom. The van der Waals surface area contributed by atoms with Gasteiger partial charge in [-0.05, 0) is 47.8 Å². The van der Waals surface area contributed by atoms with E-state index in [0.29, 0.717) is 19.1 Å². The average Bonchev–Trinajstić information content (AvgIpc) is 2.72. The molecule has 0 aliphatic rings. The zero-order valence-corrected chi connectivity index (χ0v) is 15.2. The molecule has 1 aromatic heterocycles. The molecular weight excluding hydrogens is 476 g/mol. The van der Waals surface area contributed by atoms with Gasteiger partial charge in [0.25, 0.3) is 11.6 Å². The molecule has 2 rings (SSSR count). The third-order valence-electron chi connectivity index (χ3n) is 2.48. The number of non-ortho nitro benzene ring substituents is 1. The molecule has 2 aromatic rings. The Morgan fingerprint density at radius 2 is 1.86 bits per heavy atom. The van der Waals surface area contributed by atoms with Gasteiger partial charge in [-0.25, -0.2) is 0 Å². The standard InChI is InChI=1S/C11H7Br3N4O3/c1-17-4-8(14)10(16-17)11(19)15-9-6(12)2-5(18(20)21)3-7(9)13/h2-4H,1H3,(H,15,19). The van der Waals surface area contributed by atoms with Gasteiger partial charge in [-0.1, -0.05) is 0 Å². The van der Waals surface area contributed by atoms with Crippen LogP contribution in [0.15, 0.2) is 31.7 Å². The zero-order chi connectivity index (χ0) is 15.7. The summed E-state index contributed by atoms with van der Waals surface area (Å²) < 4.78 is 2.84. The summed E-state index contributed by atoms with van der Waals surface area (Å²) in [6, 6.07) is 2.63. The van der Waals surface area contributed by atoms with Gasteiger partial charge < -0.3 is 5.32 Å². The summed E-state index contributed by atoms with van der Waals surface area (Å²) in [5.74, 6) is -0.433. The number of amides is 1. The van der Waals surface area contributed by atoms with Crippen LogP contribution in [0.2, 0.25) is 0 Å². The van der Waals surface area contributed by atoms with Gasteiger partial charge in [0.2, 0.25) is 0 Å². The zero-order valence-electron chi connectivity index (χ0n) is 10.4. The van der Waals surface area contributed by atoms with Crippen LogP contribution in [-0.2, 0) is 7.05 Å². The second kappa shape index (κ2) is 6.24. The van der Waals surface area contributed by atoms with Gasteiger partial charge in [-0.2, -0.15) is 5.10 Å². The number of aryl methyl sites for hydroxylation is 1. The van der Waals surface area contributed by atoms with E-state index < -0.39 is 10.8 Å². The van der Waals surface area contributed by atoms with Crippen molar-refractivity contribution in [2.45, 2.75) is 0 Å².